The summed E-state index contributed by atoms with van der Waals surface area (Å²) in [6.45, 7) is 2.99. The number of hydrogen-bond donors (Lipinski definition) is 1. The van der Waals surface area contributed by atoms with Gasteiger partial charge in [0.05, 0.1) is 13.1 Å². The van der Waals surface area contributed by atoms with Crippen LogP contribution >= 0.6 is 11.3 Å². The molecule has 0 spiro atoms. The van der Waals surface area contributed by atoms with E-state index in [4.69, 9.17) is 5.73 Å². The summed E-state index contributed by atoms with van der Waals surface area (Å²) in [6, 6.07) is 13.7. The lowest BCUT2D eigenvalue weighted by atomic mass is 10.1. The van der Waals surface area contributed by atoms with Crippen molar-refractivity contribution in [2.24, 2.45) is 0 Å². The highest BCUT2D eigenvalue weighted by molar-refractivity contribution is 7.10. The van der Waals surface area contributed by atoms with Gasteiger partial charge in [-0.1, -0.05) is 36.4 Å². The number of benzene rings is 1. The Hall–Kier alpha value is -2.97. The van der Waals surface area contributed by atoms with Gasteiger partial charge in [-0.3, -0.25) is 23.6 Å². The number of carbonyl (C=O) groups is 1. The molecule has 1 atom stereocenters. The molecule has 1 fully saturated rings. The molecular formula is C23H26N4O3S. The van der Waals surface area contributed by atoms with Crippen molar-refractivity contribution in [3.05, 3.63) is 84.7 Å². The number of rotatable bonds is 7. The van der Waals surface area contributed by atoms with Gasteiger partial charge in [-0.15, -0.1) is 11.3 Å². The molecule has 0 amide bonds. The predicted molar refractivity (Wildman–Crippen MR) is 123 cm³/mol. The number of hydrogen-bond acceptors (Lipinski definition) is 6. The van der Waals surface area contributed by atoms with Crippen molar-refractivity contribution in [2.45, 2.75) is 38.9 Å². The molecule has 0 radical (unpaired) electrons. The van der Waals surface area contributed by atoms with E-state index >= 15 is 0 Å². The zero-order valence-corrected chi connectivity index (χ0v) is 18.3. The van der Waals surface area contributed by atoms with Crippen LogP contribution in [0.2, 0.25) is 0 Å². The molecule has 0 bridgehead atoms. The molecule has 3 aromatic rings. The first-order valence-electron chi connectivity index (χ1n) is 10.5. The Morgan fingerprint density at radius 3 is 2.58 bits per heavy atom. The van der Waals surface area contributed by atoms with E-state index in [9.17, 15) is 14.4 Å². The maximum atomic E-state index is 13.3. The lowest BCUT2D eigenvalue weighted by Crippen LogP contribution is -2.45. The molecule has 3 heterocycles. The third-order valence-corrected chi connectivity index (χ3v) is 6.80. The van der Waals surface area contributed by atoms with Crippen LogP contribution in [-0.4, -0.2) is 32.9 Å². The number of nitrogen functional groups attached to an aromatic ring is 1. The van der Waals surface area contributed by atoms with E-state index in [0.29, 0.717) is 0 Å². The maximum absolute atomic E-state index is 13.3. The molecule has 2 N–H and O–H groups in total. The van der Waals surface area contributed by atoms with Crippen LogP contribution in [0, 0.1) is 0 Å². The van der Waals surface area contributed by atoms with Gasteiger partial charge in [0, 0.05) is 17.5 Å². The van der Waals surface area contributed by atoms with E-state index < -0.39 is 11.2 Å². The van der Waals surface area contributed by atoms with Gasteiger partial charge in [-0.05, 0) is 43.3 Å². The Balaban J connectivity index is 1.70. The first-order valence-corrected chi connectivity index (χ1v) is 11.4. The molecule has 8 heteroatoms. The highest BCUT2D eigenvalue weighted by Gasteiger charge is 2.31. The molecule has 4 rings (SSSR count). The number of nitrogens with zero attached hydrogens (tertiary/aromatic N) is 3. The first kappa shape index (κ1) is 21.3. The zero-order valence-electron chi connectivity index (χ0n) is 17.5. The highest BCUT2D eigenvalue weighted by Crippen LogP contribution is 2.34. The van der Waals surface area contributed by atoms with Gasteiger partial charge in [-0.25, -0.2) is 4.79 Å². The van der Waals surface area contributed by atoms with Crippen LogP contribution in [0.15, 0.2) is 57.4 Å². The van der Waals surface area contributed by atoms with Crippen molar-refractivity contribution in [1.82, 2.24) is 14.0 Å². The number of nitrogens with two attached hydrogens (primary N) is 1. The summed E-state index contributed by atoms with van der Waals surface area (Å²) < 4.78 is 2.42. The Morgan fingerprint density at radius 1 is 1.13 bits per heavy atom. The van der Waals surface area contributed by atoms with Crippen molar-refractivity contribution in [3.8, 4) is 0 Å². The molecule has 1 aliphatic heterocycles. The van der Waals surface area contributed by atoms with Gasteiger partial charge in [0.2, 0.25) is 0 Å². The van der Waals surface area contributed by atoms with E-state index in [1.54, 1.807) is 18.3 Å². The third kappa shape index (κ3) is 4.13. The number of likely N-dealkylation sites (tertiary alicyclic amines) is 1. The van der Waals surface area contributed by atoms with Crippen LogP contribution in [0.25, 0.3) is 0 Å². The van der Waals surface area contributed by atoms with E-state index in [1.165, 1.54) is 9.44 Å². The number of thiophene rings is 1. The van der Waals surface area contributed by atoms with E-state index in [2.05, 4.69) is 11.0 Å². The van der Waals surface area contributed by atoms with Gasteiger partial charge < -0.3 is 5.73 Å². The lowest BCUT2D eigenvalue weighted by molar-refractivity contribution is 0.0920. The highest BCUT2D eigenvalue weighted by atomic mass is 32.1. The minimum Gasteiger partial charge on any atom is -0.384 e. The minimum atomic E-state index is -0.605. The van der Waals surface area contributed by atoms with Crippen molar-refractivity contribution in [2.75, 3.05) is 18.8 Å². The molecule has 0 saturated carbocycles. The largest absolute Gasteiger partial charge is 0.384 e. The second-order valence-electron chi connectivity index (χ2n) is 7.73. The minimum absolute atomic E-state index is 0.0552. The topological polar surface area (TPSA) is 90.3 Å². The normalized spacial score (nSPS) is 16.6. The van der Waals surface area contributed by atoms with Crippen molar-refractivity contribution in [3.63, 3.8) is 0 Å². The first-order chi connectivity index (χ1) is 15.0. The van der Waals surface area contributed by atoms with Crippen LogP contribution in [0.3, 0.4) is 0 Å². The Kier molecular flexibility index (Phi) is 6.20. The van der Waals surface area contributed by atoms with Crippen molar-refractivity contribution < 1.29 is 4.79 Å². The molecule has 0 aliphatic carbocycles. The second kappa shape index (κ2) is 9.03. The quantitative estimate of drug-likeness (QED) is 0.573. The Bertz CT molecular complexity index is 1180. The number of Topliss-reactive ketones (excluding diaryl/α,β-unsaturated/α-hetero) is 1. The SMILES string of the molecule is CCn1c(=O)c(C(=O)CN2CCCC2c2cccs2)c(N)n(Cc2ccccc2)c1=O. The standard InChI is InChI=1S/C23H26N4O3S/c1-2-26-22(29)20(21(24)27(23(26)30)14-16-8-4-3-5-9-16)18(28)15-25-12-6-10-17(25)19-11-7-13-31-19/h3-5,7-9,11,13,17H,2,6,10,12,14-15,24H2,1H3. The molecule has 31 heavy (non-hydrogen) atoms. The smallest absolute Gasteiger partial charge is 0.332 e. The Labute approximate surface area is 184 Å². The van der Waals surface area contributed by atoms with Gasteiger partial charge in [0.1, 0.15) is 11.4 Å². The number of anilines is 1. The van der Waals surface area contributed by atoms with Gasteiger partial charge in [-0.2, -0.15) is 0 Å². The van der Waals surface area contributed by atoms with Gasteiger partial charge in [0.15, 0.2) is 5.78 Å². The fourth-order valence-electron chi connectivity index (χ4n) is 4.26. The molecule has 162 valence electrons. The monoisotopic (exact) mass is 438 g/mol. The predicted octanol–water partition coefficient (Wildman–Crippen LogP) is 2.74. The summed E-state index contributed by atoms with van der Waals surface area (Å²) >= 11 is 1.68. The van der Waals surface area contributed by atoms with Crippen molar-refractivity contribution in [1.29, 1.82) is 0 Å². The number of ketones is 1. The summed E-state index contributed by atoms with van der Waals surface area (Å²) in [6.07, 6.45) is 1.98. The van der Waals surface area contributed by atoms with E-state index in [1.807, 2.05) is 41.8 Å². The average Bonchev–Trinajstić information content (AvgIpc) is 3.44. The summed E-state index contributed by atoms with van der Waals surface area (Å²) in [5.41, 5.74) is 5.95. The number of carbonyl (C=O) groups excluding carboxylic acids is 1. The molecule has 2 aromatic heterocycles. The molecule has 1 aromatic carbocycles. The van der Waals surface area contributed by atoms with Crippen LogP contribution in [0.5, 0.6) is 0 Å². The molecule has 1 aliphatic rings. The van der Waals surface area contributed by atoms with E-state index in [-0.39, 0.29) is 42.8 Å². The fourth-order valence-corrected chi connectivity index (χ4v) is 5.15. The van der Waals surface area contributed by atoms with Gasteiger partial charge >= 0.3 is 5.69 Å². The maximum Gasteiger partial charge on any atom is 0.332 e. The average molecular weight is 439 g/mol. The number of aromatic nitrogens is 2. The van der Waals surface area contributed by atoms with Crippen molar-refractivity contribution >= 4 is 22.9 Å². The summed E-state index contributed by atoms with van der Waals surface area (Å²) in [5.74, 6) is -0.393. The van der Waals surface area contributed by atoms with Crippen LogP contribution in [0.1, 0.15) is 46.6 Å². The fraction of sp³-hybridized carbons (Fsp3) is 0.348. The summed E-state index contributed by atoms with van der Waals surface area (Å²) in [5, 5.41) is 2.03. The molecular weight excluding hydrogens is 412 g/mol. The molecule has 7 nitrogen and oxygen atoms in total. The molecule has 1 saturated heterocycles. The summed E-state index contributed by atoms with van der Waals surface area (Å²) in [7, 11) is 0. The second-order valence-corrected chi connectivity index (χ2v) is 8.71. The Morgan fingerprint density at radius 2 is 1.90 bits per heavy atom. The lowest BCUT2D eigenvalue weighted by Gasteiger charge is -2.23. The van der Waals surface area contributed by atoms with E-state index in [0.717, 1.165) is 29.5 Å². The van der Waals surface area contributed by atoms with Crippen LogP contribution < -0.4 is 17.0 Å². The van der Waals surface area contributed by atoms with Crippen LogP contribution in [0.4, 0.5) is 5.82 Å². The van der Waals surface area contributed by atoms with Crippen LogP contribution in [-0.2, 0) is 13.1 Å². The summed E-state index contributed by atoms with van der Waals surface area (Å²) in [4.78, 5) is 42.5. The third-order valence-electron chi connectivity index (χ3n) is 5.83. The molecule has 1 unspecified atom stereocenters. The van der Waals surface area contributed by atoms with Gasteiger partial charge in [0.25, 0.3) is 5.56 Å². The zero-order chi connectivity index (χ0) is 22.0.